The first-order valence-corrected chi connectivity index (χ1v) is 8.17. The van der Waals surface area contributed by atoms with Crippen molar-refractivity contribution in [3.63, 3.8) is 0 Å². The van der Waals surface area contributed by atoms with E-state index in [0.29, 0.717) is 5.91 Å². The van der Waals surface area contributed by atoms with E-state index < -0.39 is 0 Å². The van der Waals surface area contributed by atoms with Gasteiger partial charge in [-0.25, -0.2) is 0 Å². The van der Waals surface area contributed by atoms with Crippen molar-refractivity contribution in [2.45, 2.75) is 70.8 Å². The molecule has 1 aliphatic carbocycles. The van der Waals surface area contributed by atoms with Crippen LogP contribution in [0.4, 0.5) is 0 Å². The number of nitrogens with zero attached hydrogens (tertiary/aromatic N) is 1. The van der Waals surface area contributed by atoms with Crippen molar-refractivity contribution < 1.29 is 9.90 Å². The highest BCUT2D eigenvalue weighted by atomic mass is 16.3. The van der Waals surface area contributed by atoms with Crippen LogP contribution in [0.3, 0.4) is 0 Å². The third-order valence-electron chi connectivity index (χ3n) is 5.03. The zero-order valence-corrected chi connectivity index (χ0v) is 12.3. The molecule has 0 aromatic carbocycles. The van der Waals surface area contributed by atoms with Gasteiger partial charge < -0.3 is 10.0 Å². The summed E-state index contributed by atoms with van der Waals surface area (Å²) in [5.74, 6) is 1.42. The van der Waals surface area contributed by atoms with Crippen molar-refractivity contribution in [3.05, 3.63) is 0 Å². The minimum Gasteiger partial charge on any atom is -0.394 e. The first-order chi connectivity index (χ1) is 9.26. The van der Waals surface area contributed by atoms with Crippen LogP contribution < -0.4 is 0 Å². The van der Waals surface area contributed by atoms with Crippen LogP contribution in [-0.4, -0.2) is 35.1 Å². The number of hydrogen-bond donors (Lipinski definition) is 1. The fraction of sp³-hybridized carbons (Fsp3) is 0.938. The molecule has 1 saturated heterocycles. The number of carbonyl (C=O) groups excluding carboxylic acids is 1. The Morgan fingerprint density at radius 1 is 1.21 bits per heavy atom. The number of rotatable bonds is 5. The van der Waals surface area contributed by atoms with Gasteiger partial charge in [-0.05, 0) is 44.4 Å². The van der Waals surface area contributed by atoms with Crippen molar-refractivity contribution in [3.8, 4) is 0 Å². The number of aliphatic hydroxyl groups excluding tert-OH is 1. The third kappa shape index (κ3) is 3.71. The molecule has 3 heteroatoms. The lowest BCUT2D eigenvalue weighted by atomic mass is 9.79. The Kier molecular flexibility index (Phi) is 5.68. The van der Waals surface area contributed by atoms with E-state index in [1.165, 1.54) is 32.1 Å². The predicted molar refractivity (Wildman–Crippen MR) is 76.8 cm³/mol. The highest BCUT2D eigenvalue weighted by molar-refractivity contribution is 5.79. The summed E-state index contributed by atoms with van der Waals surface area (Å²) in [6.07, 6.45) is 10.6. The second-order valence-corrected chi connectivity index (χ2v) is 6.37. The Labute approximate surface area is 117 Å². The summed E-state index contributed by atoms with van der Waals surface area (Å²) >= 11 is 0. The van der Waals surface area contributed by atoms with Gasteiger partial charge in [0.1, 0.15) is 0 Å². The van der Waals surface area contributed by atoms with E-state index in [1.54, 1.807) is 0 Å². The van der Waals surface area contributed by atoms with Gasteiger partial charge in [-0.15, -0.1) is 0 Å². The lowest BCUT2D eigenvalue weighted by Gasteiger charge is -2.32. The average molecular weight is 267 g/mol. The maximum Gasteiger partial charge on any atom is 0.226 e. The quantitative estimate of drug-likeness (QED) is 0.832. The summed E-state index contributed by atoms with van der Waals surface area (Å²) in [5.41, 5.74) is 0. The smallest absolute Gasteiger partial charge is 0.226 e. The predicted octanol–water partition coefficient (Wildman–Crippen LogP) is 2.97. The molecule has 0 bridgehead atoms. The van der Waals surface area contributed by atoms with E-state index in [4.69, 9.17) is 0 Å². The lowest BCUT2D eigenvalue weighted by molar-refractivity contribution is -0.138. The Balaban J connectivity index is 1.79. The summed E-state index contributed by atoms with van der Waals surface area (Å²) in [4.78, 5) is 14.5. The SMILES string of the molecule is CCCCC1CCC(C(=O)N2CCC[C@H]2CO)CC1. The maximum absolute atomic E-state index is 12.5. The van der Waals surface area contributed by atoms with Crippen molar-refractivity contribution in [1.29, 1.82) is 0 Å². The second kappa shape index (κ2) is 7.28. The number of amides is 1. The van der Waals surface area contributed by atoms with Crippen LogP contribution in [0.1, 0.15) is 64.7 Å². The standard InChI is InChI=1S/C16H29NO2/c1-2-3-5-13-7-9-14(10-8-13)16(19)17-11-4-6-15(17)12-18/h13-15,18H,2-12H2,1H3/t13?,14?,15-/m0/s1. The lowest BCUT2D eigenvalue weighted by Crippen LogP contribution is -2.42. The molecule has 1 amide bonds. The molecule has 0 aromatic rings. The second-order valence-electron chi connectivity index (χ2n) is 6.37. The van der Waals surface area contributed by atoms with Gasteiger partial charge in [0.2, 0.25) is 5.91 Å². The zero-order chi connectivity index (χ0) is 13.7. The number of aliphatic hydroxyl groups is 1. The largest absolute Gasteiger partial charge is 0.394 e. The van der Waals surface area contributed by atoms with Crippen LogP contribution in [0, 0.1) is 11.8 Å². The number of hydrogen-bond acceptors (Lipinski definition) is 2. The minimum absolute atomic E-state index is 0.102. The molecule has 1 atom stereocenters. The van der Waals surface area contributed by atoms with Gasteiger partial charge in [-0.2, -0.15) is 0 Å². The first-order valence-electron chi connectivity index (χ1n) is 8.17. The van der Waals surface area contributed by atoms with E-state index in [1.807, 2.05) is 4.90 Å². The van der Waals surface area contributed by atoms with Gasteiger partial charge >= 0.3 is 0 Å². The molecular formula is C16H29NO2. The summed E-state index contributed by atoms with van der Waals surface area (Å²) < 4.78 is 0. The third-order valence-corrected chi connectivity index (χ3v) is 5.03. The molecule has 2 aliphatic rings. The minimum atomic E-state index is 0.102. The highest BCUT2D eigenvalue weighted by Gasteiger charge is 2.34. The van der Waals surface area contributed by atoms with Crippen molar-refractivity contribution >= 4 is 5.91 Å². The van der Waals surface area contributed by atoms with E-state index in [-0.39, 0.29) is 18.6 Å². The van der Waals surface area contributed by atoms with E-state index in [2.05, 4.69) is 6.92 Å². The van der Waals surface area contributed by atoms with Crippen molar-refractivity contribution in [1.82, 2.24) is 4.90 Å². The van der Waals surface area contributed by atoms with Crippen LogP contribution in [0.2, 0.25) is 0 Å². The van der Waals surface area contributed by atoms with Gasteiger partial charge in [0, 0.05) is 12.5 Å². The molecule has 1 N–H and O–H groups in total. The van der Waals surface area contributed by atoms with E-state index in [9.17, 15) is 9.90 Å². The molecule has 0 unspecified atom stereocenters. The van der Waals surface area contributed by atoms with Crippen LogP contribution in [-0.2, 0) is 4.79 Å². The topological polar surface area (TPSA) is 40.5 Å². The van der Waals surface area contributed by atoms with Gasteiger partial charge in [-0.1, -0.05) is 26.2 Å². The molecule has 1 aliphatic heterocycles. The van der Waals surface area contributed by atoms with Crippen LogP contribution >= 0.6 is 0 Å². The molecule has 0 spiro atoms. The Morgan fingerprint density at radius 3 is 2.58 bits per heavy atom. The molecule has 1 heterocycles. The fourth-order valence-corrected chi connectivity index (χ4v) is 3.74. The molecule has 0 aromatic heterocycles. The number of unbranched alkanes of at least 4 members (excludes halogenated alkanes) is 1. The van der Waals surface area contributed by atoms with Gasteiger partial charge in [0.25, 0.3) is 0 Å². The molecule has 2 rings (SSSR count). The van der Waals surface area contributed by atoms with Gasteiger partial charge in [0.15, 0.2) is 0 Å². The van der Waals surface area contributed by atoms with Crippen LogP contribution in [0.15, 0.2) is 0 Å². The van der Waals surface area contributed by atoms with Crippen molar-refractivity contribution in [2.24, 2.45) is 11.8 Å². The zero-order valence-electron chi connectivity index (χ0n) is 12.3. The summed E-state index contributed by atoms with van der Waals surface area (Å²) in [6.45, 7) is 3.25. The molecule has 0 radical (unpaired) electrons. The Morgan fingerprint density at radius 2 is 1.95 bits per heavy atom. The molecule has 19 heavy (non-hydrogen) atoms. The van der Waals surface area contributed by atoms with E-state index in [0.717, 1.165) is 38.1 Å². The summed E-state index contributed by atoms with van der Waals surface area (Å²) in [5, 5.41) is 9.33. The van der Waals surface area contributed by atoms with Crippen LogP contribution in [0.25, 0.3) is 0 Å². The summed E-state index contributed by atoms with van der Waals surface area (Å²) in [7, 11) is 0. The molecule has 2 fully saturated rings. The van der Waals surface area contributed by atoms with Crippen molar-refractivity contribution in [2.75, 3.05) is 13.2 Å². The highest BCUT2D eigenvalue weighted by Crippen LogP contribution is 2.34. The fourth-order valence-electron chi connectivity index (χ4n) is 3.74. The van der Waals surface area contributed by atoms with Gasteiger partial charge in [0.05, 0.1) is 12.6 Å². The Hall–Kier alpha value is -0.570. The molecular weight excluding hydrogens is 238 g/mol. The summed E-state index contributed by atoms with van der Waals surface area (Å²) in [6, 6.07) is 0.102. The van der Waals surface area contributed by atoms with E-state index >= 15 is 0 Å². The average Bonchev–Trinajstić information content (AvgIpc) is 2.93. The monoisotopic (exact) mass is 267 g/mol. The number of likely N-dealkylation sites (tertiary alicyclic amines) is 1. The normalized spacial score (nSPS) is 31.7. The van der Waals surface area contributed by atoms with Crippen LogP contribution in [0.5, 0.6) is 0 Å². The molecule has 1 saturated carbocycles. The van der Waals surface area contributed by atoms with Gasteiger partial charge in [-0.3, -0.25) is 4.79 Å². The Bertz CT molecular complexity index is 284. The first kappa shape index (κ1) is 14.8. The molecule has 110 valence electrons. The number of carbonyl (C=O) groups is 1. The molecule has 3 nitrogen and oxygen atoms in total. The maximum atomic E-state index is 12.5.